The normalized spacial score (nSPS) is 17.7. The maximum Gasteiger partial charge on any atom is 0.416 e. The molecule has 2 aromatic carbocycles. The molecular formula is C36H37F6N5O5. The van der Waals surface area contributed by atoms with Gasteiger partial charge in [-0.3, -0.25) is 9.69 Å². The van der Waals surface area contributed by atoms with Gasteiger partial charge in [0.2, 0.25) is 0 Å². The number of amides is 1. The number of morpholine rings is 1. The zero-order chi connectivity index (χ0) is 37.6. The summed E-state index contributed by atoms with van der Waals surface area (Å²) in [5.41, 5.74) is -1.25. The summed E-state index contributed by atoms with van der Waals surface area (Å²) in [5.74, 6) is -0.747. The fourth-order valence-corrected chi connectivity index (χ4v) is 6.52. The van der Waals surface area contributed by atoms with Crippen LogP contribution in [0.25, 0.3) is 0 Å². The molecule has 0 radical (unpaired) electrons. The fraction of sp³-hybridized carbons (Fsp3) is 0.444. The van der Waals surface area contributed by atoms with Crippen molar-refractivity contribution < 1.29 is 50.5 Å². The summed E-state index contributed by atoms with van der Waals surface area (Å²) < 4.78 is 95.2. The second-order valence-corrected chi connectivity index (χ2v) is 12.6. The van der Waals surface area contributed by atoms with Gasteiger partial charge in [0.1, 0.15) is 5.82 Å². The van der Waals surface area contributed by atoms with Gasteiger partial charge in [-0.1, -0.05) is 6.92 Å². The molecule has 3 heterocycles. The van der Waals surface area contributed by atoms with Crippen LogP contribution in [0.4, 0.5) is 48.3 Å². The summed E-state index contributed by atoms with van der Waals surface area (Å²) in [7, 11) is 0. The molecule has 52 heavy (non-hydrogen) atoms. The summed E-state index contributed by atoms with van der Waals surface area (Å²) in [5, 5.41) is 18.5. The molecular weight excluding hydrogens is 696 g/mol. The van der Waals surface area contributed by atoms with Crippen LogP contribution in [0.15, 0.2) is 54.7 Å². The maximum absolute atomic E-state index is 14.2. The number of alkyl halides is 6. The molecule has 5 rings (SSSR count). The molecule has 0 bridgehead atoms. The highest BCUT2D eigenvalue weighted by atomic mass is 19.4. The first-order valence-corrected chi connectivity index (χ1v) is 16.7. The molecule has 0 spiro atoms. The number of unbranched alkanes of at least 4 members (excludes halogenated alkanes) is 1. The monoisotopic (exact) mass is 733 g/mol. The van der Waals surface area contributed by atoms with Crippen molar-refractivity contribution in [3.05, 3.63) is 82.5 Å². The molecule has 2 aliphatic rings. The van der Waals surface area contributed by atoms with Crippen molar-refractivity contribution in [2.24, 2.45) is 0 Å². The van der Waals surface area contributed by atoms with E-state index >= 15 is 0 Å². The van der Waals surface area contributed by atoms with E-state index in [1.54, 1.807) is 36.2 Å². The summed E-state index contributed by atoms with van der Waals surface area (Å²) in [4.78, 5) is 34.0. The number of benzene rings is 2. The van der Waals surface area contributed by atoms with Crippen LogP contribution in [0, 0.1) is 11.3 Å². The minimum absolute atomic E-state index is 0.0515. The van der Waals surface area contributed by atoms with Gasteiger partial charge in [-0.2, -0.15) is 31.6 Å². The summed E-state index contributed by atoms with van der Waals surface area (Å²) in [6.07, 6.45) is -7.99. The number of aromatic nitrogens is 1. The quantitative estimate of drug-likeness (QED) is 0.155. The summed E-state index contributed by atoms with van der Waals surface area (Å²) in [6, 6.07) is 9.53. The number of pyridine rings is 1. The van der Waals surface area contributed by atoms with E-state index in [2.05, 4.69) is 4.98 Å². The van der Waals surface area contributed by atoms with Crippen molar-refractivity contribution >= 4 is 29.3 Å². The number of nitriles is 1. The second kappa shape index (κ2) is 16.1. The molecule has 1 amide bonds. The van der Waals surface area contributed by atoms with Gasteiger partial charge in [-0.25, -0.2) is 9.78 Å². The number of nitrogens with zero attached hydrogens (tertiary/aromatic N) is 5. The van der Waals surface area contributed by atoms with Gasteiger partial charge in [0.15, 0.2) is 0 Å². The molecule has 16 heteroatoms. The Morgan fingerprint density at radius 1 is 1.02 bits per heavy atom. The van der Waals surface area contributed by atoms with Crippen LogP contribution in [-0.4, -0.2) is 61.1 Å². The Bertz CT molecular complexity index is 1770. The number of halogens is 6. The number of hydrogen-bond acceptors (Lipinski definition) is 8. The minimum atomic E-state index is -4.77. The Labute approximate surface area is 296 Å². The lowest BCUT2D eigenvalue weighted by molar-refractivity contribution is -0.138. The molecule has 10 nitrogen and oxygen atoms in total. The van der Waals surface area contributed by atoms with Gasteiger partial charge in [0.25, 0.3) is 0 Å². The van der Waals surface area contributed by atoms with Crippen molar-refractivity contribution in [2.75, 3.05) is 47.6 Å². The number of carboxylic acids is 1. The van der Waals surface area contributed by atoms with Crippen LogP contribution < -0.4 is 14.7 Å². The molecule has 3 aromatic rings. The Hall–Kier alpha value is -5.04. The molecule has 0 unspecified atom stereocenters. The van der Waals surface area contributed by atoms with E-state index in [0.29, 0.717) is 32.7 Å². The Morgan fingerprint density at radius 2 is 1.75 bits per heavy atom. The van der Waals surface area contributed by atoms with E-state index in [1.165, 1.54) is 17.0 Å². The number of ether oxygens (including phenoxy) is 2. The first kappa shape index (κ1) is 38.2. The predicted molar refractivity (Wildman–Crippen MR) is 178 cm³/mol. The Kier molecular flexibility index (Phi) is 11.8. The fourth-order valence-electron chi connectivity index (χ4n) is 6.52. The molecule has 1 N–H and O–H groups in total. The molecule has 1 aromatic heterocycles. The number of anilines is 3. The third-order valence-electron chi connectivity index (χ3n) is 9.09. The van der Waals surface area contributed by atoms with E-state index in [-0.39, 0.29) is 67.0 Å². The zero-order valence-electron chi connectivity index (χ0n) is 28.2. The molecule has 1 saturated heterocycles. The lowest BCUT2D eigenvalue weighted by Gasteiger charge is -2.44. The first-order chi connectivity index (χ1) is 24.7. The van der Waals surface area contributed by atoms with Crippen molar-refractivity contribution in [1.82, 2.24) is 4.98 Å². The number of fused-ring (bicyclic) bond motifs is 1. The van der Waals surface area contributed by atoms with Crippen LogP contribution in [0.5, 0.6) is 0 Å². The van der Waals surface area contributed by atoms with Crippen LogP contribution >= 0.6 is 0 Å². The number of hydrogen-bond donors (Lipinski definition) is 1. The number of carbonyl (C=O) groups excluding carboxylic acids is 1. The standard InChI is InChI=1S/C36H37F6N5O5/c1-2-27-19-31(29-18-25(35(37,38)39)6-8-30(29)47(27)34(50)52-12-4-3-5-33(48)49)46(22-24-15-23(20-43)16-26(17-24)36(40,41)42)32-9-7-28(21-44-32)45-10-13-51-14-11-45/h6-9,15-18,21,27,31H,2-5,10-14,19,22H2,1H3,(H,48,49)/t27-,31+/m1/s1. The van der Waals surface area contributed by atoms with Gasteiger partial charge in [0, 0.05) is 32.1 Å². The lowest BCUT2D eigenvalue weighted by atomic mass is 9.87. The van der Waals surface area contributed by atoms with Gasteiger partial charge >= 0.3 is 24.4 Å². The van der Waals surface area contributed by atoms with E-state index in [0.717, 1.165) is 30.0 Å². The van der Waals surface area contributed by atoms with Crippen LogP contribution in [0.1, 0.15) is 72.9 Å². The second-order valence-electron chi connectivity index (χ2n) is 12.6. The number of rotatable bonds is 11. The predicted octanol–water partition coefficient (Wildman–Crippen LogP) is 7.96. The van der Waals surface area contributed by atoms with Crippen LogP contribution in [0.2, 0.25) is 0 Å². The molecule has 1 fully saturated rings. The Morgan fingerprint density at radius 3 is 2.37 bits per heavy atom. The molecule has 2 aliphatic heterocycles. The molecule has 0 saturated carbocycles. The highest BCUT2D eigenvalue weighted by Gasteiger charge is 2.42. The SMILES string of the molecule is CC[C@@H]1C[C@H](N(Cc2cc(C#N)cc(C(F)(F)F)c2)c2ccc(N3CCOCC3)cn2)c2cc(C(F)(F)F)ccc2N1C(=O)OCCCCC(=O)O. The Balaban J connectivity index is 1.60. The van der Waals surface area contributed by atoms with E-state index < -0.39 is 47.6 Å². The smallest absolute Gasteiger partial charge is 0.416 e. The molecule has 0 aliphatic carbocycles. The number of aliphatic carboxylic acids is 1. The average molecular weight is 734 g/mol. The summed E-state index contributed by atoms with van der Waals surface area (Å²) in [6.45, 7) is 3.62. The number of carbonyl (C=O) groups is 2. The highest BCUT2D eigenvalue weighted by Crippen LogP contribution is 2.46. The van der Waals surface area contributed by atoms with Gasteiger partial charge in [-0.15, -0.1) is 0 Å². The van der Waals surface area contributed by atoms with Crippen molar-refractivity contribution in [3.8, 4) is 6.07 Å². The summed E-state index contributed by atoms with van der Waals surface area (Å²) >= 11 is 0. The van der Waals surface area contributed by atoms with Crippen molar-refractivity contribution in [3.63, 3.8) is 0 Å². The minimum Gasteiger partial charge on any atom is -0.481 e. The molecule has 278 valence electrons. The first-order valence-electron chi connectivity index (χ1n) is 16.7. The largest absolute Gasteiger partial charge is 0.481 e. The third-order valence-corrected chi connectivity index (χ3v) is 9.09. The van der Waals surface area contributed by atoms with Crippen molar-refractivity contribution in [2.45, 2.75) is 70.0 Å². The van der Waals surface area contributed by atoms with E-state index in [1.807, 2.05) is 4.90 Å². The van der Waals surface area contributed by atoms with E-state index in [9.17, 15) is 41.2 Å². The van der Waals surface area contributed by atoms with Crippen molar-refractivity contribution in [1.29, 1.82) is 5.26 Å². The average Bonchev–Trinajstić information content (AvgIpc) is 3.12. The highest BCUT2D eigenvalue weighted by molar-refractivity contribution is 5.90. The topological polar surface area (TPSA) is 119 Å². The van der Waals surface area contributed by atoms with Gasteiger partial charge in [-0.05, 0) is 85.3 Å². The molecule has 2 atom stereocenters. The van der Waals surface area contributed by atoms with Crippen LogP contribution in [-0.2, 0) is 33.2 Å². The zero-order valence-corrected chi connectivity index (χ0v) is 28.2. The third kappa shape index (κ3) is 9.05. The van der Waals surface area contributed by atoms with Gasteiger partial charge in [0.05, 0.1) is 66.2 Å². The van der Waals surface area contributed by atoms with E-state index in [4.69, 9.17) is 14.6 Å². The maximum atomic E-state index is 14.2. The van der Waals surface area contributed by atoms with Crippen LogP contribution in [0.3, 0.4) is 0 Å². The van der Waals surface area contributed by atoms with Gasteiger partial charge < -0.3 is 24.4 Å². The number of carboxylic acid groups (broad SMARTS) is 1. The lowest BCUT2D eigenvalue weighted by Crippen LogP contribution is -2.48.